The van der Waals surface area contributed by atoms with Crippen molar-refractivity contribution in [3.05, 3.63) is 42.5 Å². The average Bonchev–Trinajstić information content (AvgIpc) is 2.48. The number of nitrogens with zero attached hydrogens (tertiary/aromatic N) is 2. The summed E-state index contributed by atoms with van der Waals surface area (Å²) < 4.78 is 0. The molecule has 0 aliphatic carbocycles. The van der Waals surface area contributed by atoms with Crippen LogP contribution >= 0.6 is 0 Å². The first-order chi connectivity index (χ1) is 9.33. The molecule has 1 saturated heterocycles. The Morgan fingerprint density at radius 1 is 0.947 bits per heavy atom. The van der Waals surface area contributed by atoms with Gasteiger partial charge >= 0.3 is 0 Å². The fourth-order valence-corrected chi connectivity index (χ4v) is 2.57. The summed E-state index contributed by atoms with van der Waals surface area (Å²) in [7, 11) is 0. The number of hydrogen-bond acceptors (Lipinski definition) is 1. The molecule has 3 nitrogen and oxygen atoms in total. The van der Waals surface area contributed by atoms with E-state index in [1.54, 1.807) is 0 Å². The Kier molecular flexibility index (Phi) is 3.36. The maximum atomic E-state index is 6.10. The molecule has 2 aromatic carbocycles. The summed E-state index contributed by atoms with van der Waals surface area (Å²) in [5.74, 6) is 0.648. The fourth-order valence-electron chi connectivity index (χ4n) is 2.57. The standard InChI is InChI=1S/C16H19N3/c17-16(19-10-4-1-5-11-19)18-15-9-8-13-6-2-3-7-14(13)12-15/h2-3,6-9,12H,1,4-5,10-11H2,(H2,17,18). The highest BCUT2D eigenvalue weighted by atomic mass is 15.3. The molecule has 98 valence electrons. The summed E-state index contributed by atoms with van der Waals surface area (Å²) in [4.78, 5) is 6.73. The zero-order valence-electron chi connectivity index (χ0n) is 11.0. The second-order valence-corrected chi connectivity index (χ2v) is 5.05. The Morgan fingerprint density at radius 2 is 1.68 bits per heavy atom. The van der Waals surface area contributed by atoms with Crippen molar-refractivity contribution >= 4 is 22.4 Å². The fraction of sp³-hybridized carbons (Fsp3) is 0.312. The molecule has 0 spiro atoms. The van der Waals surface area contributed by atoms with Crippen LogP contribution in [0.15, 0.2) is 47.5 Å². The molecule has 2 aromatic rings. The molecule has 0 aromatic heterocycles. The number of likely N-dealkylation sites (tertiary alicyclic amines) is 1. The van der Waals surface area contributed by atoms with Gasteiger partial charge in [0.2, 0.25) is 0 Å². The monoisotopic (exact) mass is 253 g/mol. The quantitative estimate of drug-likeness (QED) is 0.626. The van der Waals surface area contributed by atoms with Gasteiger partial charge < -0.3 is 10.6 Å². The van der Waals surface area contributed by atoms with E-state index in [0.717, 1.165) is 18.8 Å². The molecule has 0 radical (unpaired) electrons. The van der Waals surface area contributed by atoms with Crippen molar-refractivity contribution in [3.63, 3.8) is 0 Å². The molecule has 3 rings (SSSR count). The Bertz CT molecular complexity index is 598. The molecule has 1 aliphatic rings. The summed E-state index contributed by atoms with van der Waals surface area (Å²) in [5, 5.41) is 2.44. The van der Waals surface area contributed by atoms with Gasteiger partial charge in [-0.25, -0.2) is 4.99 Å². The third-order valence-corrected chi connectivity index (χ3v) is 3.66. The van der Waals surface area contributed by atoms with Crippen LogP contribution in [0, 0.1) is 0 Å². The summed E-state index contributed by atoms with van der Waals surface area (Å²) >= 11 is 0. The van der Waals surface area contributed by atoms with Gasteiger partial charge in [-0.1, -0.05) is 30.3 Å². The lowest BCUT2D eigenvalue weighted by molar-refractivity contribution is 0.339. The highest BCUT2D eigenvalue weighted by Crippen LogP contribution is 2.21. The second kappa shape index (κ2) is 5.31. The Balaban J connectivity index is 1.86. The van der Waals surface area contributed by atoms with Crippen LogP contribution < -0.4 is 5.73 Å². The van der Waals surface area contributed by atoms with E-state index in [4.69, 9.17) is 5.73 Å². The van der Waals surface area contributed by atoms with Crippen LogP contribution in [0.3, 0.4) is 0 Å². The lowest BCUT2D eigenvalue weighted by Gasteiger charge is -2.27. The number of rotatable bonds is 1. The first-order valence-corrected chi connectivity index (χ1v) is 6.91. The maximum absolute atomic E-state index is 6.10. The van der Waals surface area contributed by atoms with Crippen molar-refractivity contribution < 1.29 is 0 Å². The van der Waals surface area contributed by atoms with E-state index < -0.39 is 0 Å². The van der Waals surface area contributed by atoms with Gasteiger partial charge in [-0.15, -0.1) is 0 Å². The zero-order chi connectivity index (χ0) is 13.1. The predicted molar refractivity (Wildman–Crippen MR) is 80.7 cm³/mol. The predicted octanol–water partition coefficient (Wildman–Crippen LogP) is 3.27. The molecule has 0 saturated carbocycles. The molecule has 19 heavy (non-hydrogen) atoms. The summed E-state index contributed by atoms with van der Waals surface area (Å²) in [6.45, 7) is 2.06. The van der Waals surface area contributed by atoms with Crippen molar-refractivity contribution in [1.29, 1.82) is 0 Å². The highest BCUT2D eigenvalue weighted by molar-refractivity contribution is 5.87. The number of nitrogens with two attached hydrogens (primary N) is 1. The van der Waals surface area contributed by atoms with E-state index >= 15 is 0 Å². The van der Waals surface area contributed by atoms with Gasteiger partial charge in [-0.2, -0.15) is 0 Å². The van der Waals surface area contributed by atoms with Crippen molar-refractivity contribution in [3.8, 4) is 0 Å². The van der Waals surface area contributed by atoms with Gasteiger partial charge in [0.05, 0.1) is 5.69 Å². The molecule has 0 bridgehead atoms. The summed E-state index contributed by atoms with van der Waals surface area (Å²) in [6.07, 6.45) is 3.74. The first kappa shape index (κ1) is 12.0. The molecule has 1 heterocycles. The number of aliphatic imine (C=N–C) groups is 1. The number of benzene rings is 2. The Labute approximate surface area is 113 Å². The number of piperidine rings is 1. The van der Waals surface area contributed by atoms with Crippen molar-refractivity contribution in [2.75, 3.05) is 13.1 Å². The van der Waals surface area contributed by atoms with Crippen LogP contribution in [0.25, 0.3) is 10.8 Å². The van der Waals surface area contributed by atoms with Gasteiger partial charge in [0, 0.05) is 13.1 Å². The smallest absolute Gasteiger partial charge is 0.196 e. The SMILES string of the molecule is NC(=Nc1ccc2ccccc2c1)N1CCCCC1. The van der Waals surface area contributed by atoms with Crippen molar-refractivity contribution in [2.24, 2.45) is 10.7 Å². The molecule has 1 fully saturated rings. The summed E-state index contributed by atoms with van der Waals surface area (Å²) in [6, 6.07) is 14.5. The van der Waals surface area contributed by atoms with Gasteiger partial charge in [0.1, 0.15) is 0 Å². The van der Waals surface area contributed by atoms with Crippen LogP contribution in [0.4, 0.5) is 5.69 Å². The van der Waals surface area contributed by atoms with E-state index in [1.165, 1.54) is 30.0 Å². The topological polar surface area (TPSA) is 41.6 Å². The molecule has 1 aliphatic heterocycles. The Morgan fingerprint density at radius 3 is 2.47 bits per heavy atom. The van der Waals surface area contributed by atoms with E-state index in [2.05, 4.69) is 34.2 Å². The largest absolute Gasteiger partial charge is 0.369 e. The third-order valence-electron chi connectivity index (χ3n) is 3.66. The minimum absolute atomic E-state index is 0.648. The third kappa shape index (κ3) is 2.70. The van der Waals surface area contributed by atoms with Crippen molar-refractivity contribution in [2.45, 2.75) is 19.3 Å². The van der Waals surface area contributed by atoms with E-state index in [0.29, 0.717) is 5.96 Å². The van der Waals surface area contributed by atoms with Crippen LogP contribution in [-0.4, -0.2) is 23.9 Å². The van der Waals surface area contributed by atoms with Crippen LogP contribution in [-0.2, 0) is 0 Å². The van der Waals surface area contributed by atoms with Gasteiger partial charge in [-0.3, -0.25) is 0 Å². The van der Waals surface area contributed by atoms with Gasteiger partial charge in [-0.05, 0) is 42.2 Å². The molecular formula is C16H19N3. The Hall–Kier alpha value is -2.03. The first-order valence-electron chi connectivity index (χ1n) is 6.91. The van der Waals surface area contributed by atoms with Crippen LogP contribution in [0.5, 0.6) is 0 Å². The van der Waals surface area contributed by atoms with E-state index in [9.17, 15) is 0 Å². The minimum Gasteiger partial charge on any atom is -0.369 e. The zero-order valence-corrected chi connectivity index (χ0v) is 11.0. The second-order valence-electron chi connectivity index (χ2n) is 5.05. The number of hydrogen-bond donors (Lipinski definition) is 1. The highest BCUT2D eigenvalue weighted by Gasteiger charge is 2.11. The molecule has 0 amide bonds. The minimum atomic E-state index is 0.648. The van der Waals surface area contributed by atoms with Gasteiger partial charge in [0.15, 0.2) is 5.96 Å². The van der Waals surface area contributed by atoms with Crippen LogP contribution in [0.1, 0.15) is 19.3 Å². The average molecular weight is 253 g/mol. The summed E-state index contributed by atoms with van der Waals surface area (Å²) in [5.41, 5.74) is 7.03. The molecule has 0 unspecified atom stereocenters. The van der Waals surface area contributed by atoms with Crippen LogP contribution in [0.2, 0.25) is 0 Å². The maximum Gasteiger partial charge on any atom is 0.196 e. The lowest BCUT2D eigenvalue weighted by atomic mass is 10.1. The normalized spacial score (nSPS) is 16.8. The molecular weight excluding hydrogens is 234 g/mol. The number of guanidine groups is 1. The lowest BCUT2D eigenvalue weighted by Crippen LogP contribution is -2.40. The molecule has 3 heteroatoms. The van der Waals surface area contributed by atoms with E-state index in [-0.39, 0.29) is 0 Å². The molecule has 2 N–H and O–H groups in total. The van der Waals surface area contributed by atoms with Crippen molar-refractivity contribution in [1.82, 2.24) is 4.90 Å². The van der Waals surface area contributed by atoms with E-state index in [1.807, 2.05) is 18.2 Å². The van der Waals surface area contributed by atoms with Gasteiger partial charge in [0.25, 0.3) is 0 Å². The molecule has 0 atom stereocenters. The number of fused-ring (bicyclic) bond motifs is 1.